The summed E-state index contributed by atoms with van der Waals surface area (Å²) in [5.41, 5.74) is 5.94. The van der Waals surface area contributed by atoms with Gasteiger partial charge in [-0.15, -0.1) is 0 Å². The van der Waals surface area contributed by atoms with Crippen molar-refractivity contribution in [3.8, 4) is 5.69 Å². The van der Waals surface area contributed by atoms with Crippen LogP contribution in [-0.2, 0) is 0 Å². The molecule has 0 spiro atoms. The zero-order chi connectivity index (χ0) is 18.0. The predicted octanol–water partition coefficient (Wildman–Crippen LogP) is 5.48. The monoisotopic (exact) mass is 343 g/mol. The van der Waals surface area contributed by atoms with Crippen LogP contribution in [0.1, 0.15) is 0 Å². The van der Waals surface area contributed by atoms with Crippen LogP contribution >= 0.6 is 0 Å². The normalized spacial score (nSPS) is 11.9. The van der Waals surface area contributed by atoms with E-state index in [1.165, 1.54) is 21.8 Å². The van der Waals surface area contributed by atoms with Gasteiger partial charge in [-0.3, -0.25) is 0 Å². The van der Waals surface area contributed by atoms with E-state index in [-0.39, 0.29) is 0 Å². The van der Waals surface area contributed by atoms with Crippen LogP contribution in [0.15, 0.2) is 89.3 Å². The van der Waals surface area contributed by atoms with E-state index in [4.69, 9.17) is 12.3 Å². The number of fused-ring (bicyclic) bond motifs is 6. The average molecular weight is 343 g/mol. The van der Waals surface area contributed by atoms with Crippen molar-refractivity contribution in [3.05, 3.63) is 84.9 Å². The second kappa shape index (κ2) is 5.27. The van der Waals surface area contributed by atoms with Crippen LogP contribution in [0.3, 0.4) is 0 Å². The van der Waals surface area contributed by atoms with Gasteiger partial charge in [0.25, 0.3) is 0 Å². The molecule has 2 radical (unpaired) electrons. The number of para-hydroxylation sites is 2. The molecule has 0 N–H and O–H groups in total. The fraction of sp³-hybridized carbons (Fsp3) is 0. The van der Waals surface area contributed by atoms with Crippen molar-refractivity contribution in [2.45, 2.75) is 0 Å². The van der Waals surface area contributed by atoms with Crippen molar-refractivity contribution < 1.29 is 4.42 Å². The number of furan rings is 1. The molecule has 0 fully saturated rings. The molecule has 0 atom stereocenters. The molecule has 0 aliphatic heterocycles. The Hall–Kier alpha value is -3.46. The Kier molecular flexibility index (Phi) is 2.87. The van der Waals surface area contributed by atoms with Crippen LogP contribution in [0.4, 0.5) is 0 Å². The summed E-state index contributed by atoms with van der Waals surface area (Å²) >= 11 is 0. The van der Waals surface area contributed by atoms with Crippen molar-refractivity contribution >= 4 is 57.1 Å². The minimum absolute atomic E-state index is 0.712. The van der Waals surface area contributed by atoms with E-state index in [0.717, 1.165) is 27.6 Å². The lowest BCUT2D eigenvalue weighted by Gasteiger charge is -2.07. The van der Waals surface area contributed by atoms with E-state index in [9.17, 15) is 0 Å². The molecule has 0 saturated heterocycles. The number of hydrogen-bond donors (Lipinski definition) is 0. The lowest BCUT2D eigenvalue weighted by atomic mass is 9.95. The molecule has 124 valence electrons. The number of aromatic nitrogens is 1. The molecule has 2 nitrogen and oxygen atoms in total. The van der Waals surface area contributed by atoms with Crippen molar-refractivity contribution in [1.82, 2.24) is 4.57 Å². The largest absolute Gasteiger partial charge is 0.456 e. The molecule has 0 bridgehead atoms. The van der Waals surface area contributed by atoms with Crippen molar-refractivity contribution in [1.29, 1.82) is 0 Å². The van der Waals surface area contributed by atoms with E-state index >= 15 is 0 Å². The molecule has 0 amide bonds. The van der Waals surface area contributed by atoms with Crippen LogP contribution in [0.25, 0.3) is 49.4 Å². The third-order valence-electron chi connectivity index (χ3n) is 5.32. The van der Waals surface area contributed by atoms with Gasteiger partial charge < -0.3 is 8.98 Å². The van der Waals surface area contributed by atoms with E-state index in [1.807, 2.05) is 24.3 Å². The molecular weight excluding hydrogens is 329 g/mol. The van der Waals surface area contributed by atoms with Crippen LogP contribution in [0.5, 0.6) is 0 Å². The van der Waals surface area contributed by atoms with Crippen LogP contribution in [-0.4, -0.2) is 12.4 Å². The summed E-state index contributed by atoms with van der Waals surface area (Å²) in [4.78, 5) is 0. The Labute approximate surface area is 157 Å². The van der Waals surface area contributed by atoms with Gasteiger partial charge >= 0.3 is 0 Å². The van der Waals surface area contributed by atoms with Gasteiger partial charge in [-0.2, -0.15) is 0 Å². The Bertz CT molecular complexity index is 1440. The van der Waals surface area contributed by atoms with E-state index in [1.54, 1.807) is 0 Å². The molecule has 2 aromatic heterocycles. The van der Waals surface area contributed by atoms with Gasteiger partial charge in [0.15, 0.2) is 0 Å². The van der Waals surface area contributed by atoms with Crippen molar-refractivity contribution in [3.63, 3.8) is 0 Å². The van der Waals surface area contributed by atoms with Gasteiger partial charge in [0.2, 0.25) is 0 Å². The third kappa shape index (κ3) is 2.03. The van der Waals surface area contributed by atoms with Crippen molar-refractivity contribution in [2.75, 3.05) is 0 Å². The second-order valence-electron chi connectivity index (χ2n) is 6.91. The lowest BCUT2D eigenvalue weighted by Crippen LogP contribution is -1.98. The molecule has 6 rings (SSSR count). The lowest BCUT2D eigenvalue weighted by molar-refractivity contribution is 0.669. The summed E-state index contributed by atoms with van der Waals surface area (Å²) in [7, 11) is 5.91. The first-order valence-corrected chi connectivity index (χ1v) is 9.00. The van der Waals surface area contributed by atoms with Crippen LogP contribution in [0.2, 0.25) is 0 Å². The fourth-order valence-corrected chi connectivity index (χ4v) is 4.12. The summed E-state index contributed by atoms with van der Waals surface area (Å²) in [5, 5.41) is 4.71. The first-order valence-electron chi connectivity index (χ1n) is 9.00. The maximum atomic E-state index is 5.99. The molecule has 0 unspecified atom stereocenters. The summed E-state index contributed by atoms with van der Waals surface area (Å²) < 4.78 is 8.31. The zero-order valence-corrected chi connectivity index (χ0v) is 14.5. The second-order valence-corrected chi connectivity index (χ2v) is 6.91. The zero-order valence-electron chi connectivity index (χ0n) is 14.5. The highest BCUT2D eigenvalue weighted by atomic mass is 16.3. The van der Waals surface area contributed by atoms with Gasteiger partial charge in [0.1, 0.15) is 19.0 Å². The number of rotatable bonds is 1. The summed E-state index contributed by atoms with van der Waals surface area (Å²) in [6.07, 6.45) is 0. The standard InChI is InChI=1S/C24H14BNO/c25-15-9-11-19-20-14-16(10-12-23(20)27-24(19)13-15)26-21-7-3-1-5-17(21)18-6-2-4-8-22(18)26/h1-14H. The van der Waals surface area contributed by atoms with E-state index < -0.39 is 0 Å². The van der Waals surface area contributed by atoms with E-state index in [0.29, 0.717) is 5.46 Å². The Balaban J connectivity index is 1.73. The SMILES string of the molecule is [B]c1ccc2c(c1)oc1ccc(-n3c4ccccc4c4ccccc43)cc12. The summed E-state index contributed by atoms with van der Waals surface area (Å²) in [5.74, 6) is 0. The van der Waals surface area contributed by atoms with Gasteiger partial charge in [-0.05, 0) is 36.4 Å². The smallest absolute Gasteiger partial charge is 0.135 e. The Morgan fingerprint density at radius 1 is 0.593 bits per heavy atom. The highest BCUT2D eigenvalue weighted by molar-refractivity contribution is 6.33. The predicted molar refractivity (Wildman–Crippen MR) is 113 cm³/mol. The summed E-state index contributed by atoms with van der Waals surface area (Å²) in [6, 6.07) is 29.3. The number of benzene rings is 4. The number of nitrogens with zero attached hydrogens (tertiary/aromatic N) is 1. The van der Waals surface area contributed by atoms with Gasteiger partial charge in [0, 0.05) is 27.2 Å². The molecule has 0 saturated carbocycles. The minimum Gasteiger partial charge on any atom is -0.456 e. The average Bonchev–Trinajstić information content (AvgIpc) is 3.22. The van der Waals surface area contributed by atoms with Crippen molar-refractivity contribution in [2.24, 2.45) is 0 Å². The Morgan fingerprint density at radius 3 is 2.04 bits per heavy atom. The topological polar surface area (TPSA) is 18.1 Å². The maximum absolute atomic E-state index is 5.99. The van der Waals surface area contributed by atoms with Gasteiger partial charge in [-0.25, -0.2) is 0 Å². The third-order valence-corrected chi connectivity index (χ3v) is 5.32. The first-order chi connectivity index (χ1) is 13.3. The molecule has 0 aliphatic rings. The first kappa shape index (κ1) is 14.7. The quantitative estimate of drug-likeness (QED) is 0.362. The fourth-order valence-electron chi connectivity index (χ4n) is 4.12. The Morgan fingerprint density at radius 2 is 1.30 bits per heavy atom. The van der Waals surface area contributed by atoms with Gasteiger partial charge in [-0.1, -0.05) is 54.0 Å². The minimum atomic E-state index is 0.712. The van der Waals surface area contributed by atoms with Gasteiger partial charge in [0.05, 0.1) is 11.0 Å². The van der Waals surface area contributed by atoms with E-state index in [2.05, 4.69) is 65.2 Å². The molecule has 2 heterocycles. The molecule has 0 aliphatic carbocycles. The molecule has 27 heavy (non-hydrogen) atoms. The van der Waals surface area contributed by atoms with Crippen LogP contribution < -0.4 is 5.46 Å². The molecule has 4 aromatic carbocycles. The maximum Gasteiger partial charge on any atom is 0.135 e. The van der Waals surface area contributed by atoms with Crippen LogP contribution in [0, 0.1) is 0 Å². The highest BCUT2D eigenvalue weighted by Gasteiger charge is 2.13. The number of hydrogen-bond acceptors (Lipinski definition) is 1. The highest BCUT2D eigenvalue weighted by Crippen LogP contribution is 2.34. The molecule has 6 aromatic rings. The molecular formula is C24H14BNO. The summed E-state index contributed by atoms with van der Waals surface area (Å²) in [6.45, 7) is 0. The molecule has 3 heteroatoms.